The molecule has 1 amide bonds. The Bertz CT molecular complexity index is 481. The molecule has 2 heterocycles. The van der Waals surface area contributed by atoms with Gasteiger partial charge in [-0.3, -0.25) is 4.79 Å². The van der Waals surface area contributed by atoms with E-state index in [1.54, 1.807) is 6.92 Å². The van der Waals surface area contributed by atoms with Crippen molar-refractivity contribution in [3.05, 3.63) is 0 Å². The number of hydrogen-bond acceptors (Lipinski definition) is 4. The van der Waals surface area contributed by atoms with E-state index in [1.165, 1.54) is 4.31 Å². The Morgan fingerprint density at radius 3 is 2.38 bits per heavy atom. The van der Waals surface area contributed by atoms with Crippen LogP contribution in [0.1, 0.15) is 33.6 Å². The molecule has 0 radical (unpaired) electrons. The summed E-state index contributed by atoms with van der Waals surface area (Å²) in [4.78, 5) is 14.6. The van der Waals surface area contributed by atoms with Gasteiger partial charge in [0.05, 0.1) is 24.5 Å². The molecule has 0 atom stereocenters. The number of morpholine rings is 1. The molecule has 0 aromatic heterocycles. The van der Waals surface area contributed by atoms with Crippen LogP contribution in [0.15, 0.2) is 0 Å². The highest BCUT2D eigenvalue weighted by Gasteiger charge is 2.39. The van der Waals surface area contributed by atoms with E-state index in [-0.39, 0.29) is 23.1 Å². The first kappa shape index (κ1) is 16.7. The molecule has 122 valence electrons. The van der Waals surface area contributed by atoms with Gasteiger partial charge in [-0.05, 0) is 33.6 Å². The quantitative estimate of drug-likeness (QED) is 0.768. The Balaban J connectivity index is 1.97. The lowest BCUT2D eigenvalue weighted by Gasteiger charge is -2.44. The van der Waals surface area contributed by atoms with E-state index in [4.69, 9.17) is 4.74 Å². The molecule has 2 fully saturated rings. The number of carbonyl (C=O) groups excluding carboxylic acids is 1. The van der Waals surface area contributed by atoms with Gasteiger partial charge in [-0.15, -0.1) is 0 Å². The van der Waals surface area contributed by atoms with Crippen molar-refractivity contribution in [3.63, 3.8) is 0 Å². The number of hydrogen-bond donors (Lipinski definition) is 0. The minimum absolute atomic E-state index is 0.0642. The molecule has 0 aliphatic carbocycles. The van der Waals surface area contributed by atoms with Crippen molar-refractivity contribution in [2.24, 2.45) is 5.92 Å². The summed E-state index contributed by atoms with van der Waals surface area (Å²) in [5, 5.41) is 0. The summed E-state index contributed by atoms with van der Waals surface area (Å²) in [6, 6.07) is 0. The fraction of sp³-hybridized carbons (Fsp3) is 0.929. The number of carbonyl (C=O) groups is 1. The largest absolute Gasteiger partial charge is 0.377 e. The number of piperidine rings is 1. The molecule has 0 unspecified atom stereocenters. The summed E-state index contributed by atoms with van der Waals surface area (Å²) in [7, 11) is -3.13. The average molecular weight is 318 g/mol. The van der Waals surface area contributed by atoms with Crippen molar-refractivity contribution in [3.8, 4) is 0 Å². The van der Waals surface area contributed by atoms with Crippen LogP contribution in [0, 0.1) is 5.92 Å². The first-order valence-electron chi connectivity index (χ1n) is 7.65. The first-order chi connectivity index (χ1) is 9.78. The van der Waals surface area contributed by atoms with Crippen LogP contribution >= 0.6 is 0 Å². The predicted octanol–water partition coefficient (Wildman–Crippen LogP) is 0.686. The van der Waals surface area contributed by atoms with E-state index >= 15 is 0 Å². The maximum atomic E-state index is 12.7. The summed E-state index contributed by atoms with van der Waals surface area (Å²) in [6.45, 7) is 8.36. The summed E-state index contributed by atoms with van der Waals surface area (Å²) in [6.07, 6.45) is 1.23. The number of sulfonamides is 1. The van der Waals surface area contributed by atoms with E-state index in [9.17, 15) is 13.2 Å². The highest BCUT2D eigenvalue weighted by Crippen LogP contribution is 2.27. The zero-order valence-corrected chi connectivity index (χ0v) is 14.0. The van der Waals surface area contributed by atoms with E-state index in [2.05, 4.69) is 0 Å². The van der Waals surface area contributed by atoms with E-state index in [1.807, 2.05) is 18.7 Å². The molecule has 2 aliphatic heterocycles. The van der Waals surface area contributed by atoms with Gasteiger partial charge in [0.1, 0.15) is 0 Å². The van der Waals surface area contributed by atoms with Gasteiger partial charge in [0.2, 0.25) is 15.9 Å². The van der Waals surface area contributed by atoms with Gasteiger partial charge in [-0.1, -0.05) is 0 Å². The van der Waals surface area contributed by atoms with Gasteiger partial charge in [-0.2, -0.15) is 0 Å². The second kappa shape index (κ2) is 6.22. The van der Waals surface area contributed by atoms with Crippen molar-refractivity contribution >= 4 is 15.9 Å². The minimum Gasteiger partial charge on any atom is -0.377 e. The van der Waals surface area contributed by atoms with E-state index in [0.717, 1.165) is 0 Å². The Kier molecular flexibility index (Phi) is 4.95. The van der Waals surface area contributed by atoms with Crippen LogP contribution in [0.3, 0.4) is 0 Å². The molecule has 0 bridgehead atoms. The van der Waals surface area contributed by atoms with Crippen molar-refractivity contribution in [2.45, 2.75) is 39.2 Å². The van der Waals surface area contributed by atoms with Crippen LogP contribution in [0.2, 0.25) is 0 Å². The lowest BCUT2D eigenvalue weighted by atomic mass is 9.93. The molecule has 0 spiro atoms. The Hall–Kier alpha value is -0.660. The highest BCUT2D eigenvalue weighted by atomic mass is 32.2. The van der Waals surface area contributed by atoms with Gasteiger partial charge >= 0.3 is 0 Å². The summed E-state index contributed by atoms with van der Waals surface area (Å²) in [5.41, 5.74) is -0.276. The molecule has 2 saturated heterocycles. The molecule has 2 aliphatic rings. The Morgan fingerprint density at radius 2 is 1.86 bits per heavy atom. The van der Waals surface area contributed by atoms with E-state index < -0.39 is 10.0 Å². The molecule has 0 aromatic rings. The van der Waals surface area contributed by atoms with Crippen molar-refractivity contribution in [1.82, 2.24) is 9.21 Å². The second-order valence-electron chi connectivity index (χ2n) is 6.43. The van der Waals surface area contributed by atoms with Gasteiger partial charge in [0.15, 0.2) is 0 Å². The van der Waals surface area contributed by atoms with Crippen LogP contribution in [0.25, 0.3) is 0 Å². The normalized spacial score (nSPS) is 25.0. The number of nitrogens with zero attached hydrogens (tertiary/aromatic N) is 2. The summed E-state index contributed by atoms with van der Waals surface area (Å²) >= 11 is 0. The molecule has 0 N–H and O–H groups in total. The molecule has 7 heteroatoms. The van der Waals surface area contributed by atoms with Crippen molar-refractivity contribution in [1.29, 1.82) is 0 Å². The lowest BCUT2D eigenvalue weighted by molar-refractivity contribution is -0.151. The maximum Gasteiger partial charge on any atom is 0.226 e. The number of rotatable bonds is 3. The third-order valence-electron chi connectivity index (χ3n) is 4.47. The molecule has 0 saturated carbocycles. The Morgan fingerprint density at radius 1 is 1.24 bits per heavy atom. The van der Waals surface area contributed by atoms with Crippen LogP contribution in [-0.2, 0) is 19.6 Å². The fourth-order valence-corrected chi connectivity index (χ4v) is 4.18. The third-order valence-corrected chi connectivity index (χ3v) is 6.35. The maximum absolute atomic E-state index is 12.7. The predicted molar refractivity (Wildman–Crippen MR) is 80.4 cm³/mol. The second-order valence-corrected chi connectivity index (χ2v) is 8.69. The smallest absolute Gasteiger partial charge is 0.226 e. The molecule has 6 nitrogen and oxygen atoms in total. The zero-order chi connectivity index (χ0) is 15.7. The van der Waals surface area contributed by atoms with E-state index in [0.29, 0.717) is 45.7 Å². The summed E-state index contributed by atoms with van der Waals surface area (Å²) < 4.78 is 30.7. The lowest BCUT2D eigenvalue weighted by Crippen LogP contribution is -2.58. The standard InChI is InChI=1S/C14H26N2O4S/c1-4-21(18,19)15-7-5-12(6-8-15)13(17)16-9-10-20-11-14(16,2)3/h12H,4-11H2,1-3H3. The van der Waals surface area contributed by atoms with Gasteiger partial charge < -0.3 is 9.64 Å². The third kappa shape index (κ3) is 3.57. The SMILES string of the molecule is CCS(=O)(=O)N1CCC(C(=O)N2CCOCC2(C)C)CC1. The fourth-order valence-electron chi connectivity index (χ4n) is 3.05. The minimum atomic E-state index is -3.13. The molecule has 21 heavy (non-hydrogen) atoms. The summed E-state index contributed by atoms with van der Waals surface area (Å²) in [5.74, 6) is 0.213. The van der Waals surface area contributed by atoms with Crippen LogP contribution in [-0.4, -0.2) is 67.7 Å². The van der Waals surface area contributed by atoms with Crippen molar-refractivity contribution < 1.29 is 17.9 Å². The van der Waals surface area contributed by atoms with Crippen LogP contribution in [0.5, 0.6) is 0 Å². The molecular weight excluding hydrogens is 292 g/mol. The molecule has 0 aromatic carbocycles. The van der Waals surface area contributed by atoms with Crippen LogP contribution in [0.4, 0.5) is 0 Å². The van der Waals surface area contributed by atoms with Gasteiger partial charge in [0.25, 0.3) is 0 Å². The van der Waals surface area contributed by atoms with Gasteiger partial charge in [-0.25, -0.2) is 12.7 Å². The Labute approximate surface area is 127 Å². The number of amides is 1. The number of ether oxygens (including phenoxy) is 1. The highest BCUT2D eigenvalue weighted by molar-refractivity contribution is 7.89. The first-order valence-corrected chi connectivity index (χ1v) is 9.26. The topological polar surface area (TPSA) is 66.9 Å². The van der Waals surface area contributed by atoms with Crippen LogP contribution < -0.4 is 0 Å². The average Bonchev–Trinajstić information content (AvgIpc) is 2.46. The molecular formula is C14H26N2O4S. The zero-order valence-electron chi connectivity index (χ0n) is 13.2. The van der Waals surface area contributed by atoms with Gasteiger partial charge in [0, 0.05) is 25.6 Å². The molecule has 2 rings (SSSR count). The van der Waals surface area contributed by atoms with Crippen molar-refractivity contribution in [2.75, 3.05) is 38.6 Å². The monoisotopic (exact) mass is 318 g/mol.